The quantitative estimate of drug-likeness (QED) is 0.779. The molecule has 4 aliphatic rings. The van der Waals surface area contributed by atoms with Crippen molar-refractivity contribution >= 4 is 5.69 Å². The minimum Gasteiger partial charge on any atom is -0.506 e. The van der Waals surface area contributed by atoms with Crippen LogP contribution in [0.5, 0.6) is 5.75 Å². The summed E-state index contributed by atoms with van der Waals surface area (Å²) in [6.45, 7) is 4.91. The van der Waals surface area contributed by atoms with Gasteiger partial charge in [0.05, 0.1) is 5.69 Å². The van der Waals surface area contributed by atoms with Gasteiger partial charge in [-0.15, -0.1) is 0 Å². The molecule has 3 aliphatic heterocycles. The van der Waals surface area contributed by atoms with Gasteiger partial charge >= 0.3 is 0 Å². The van der Waals surface area contributed by atoms with Gasteiger partial charge in [0, 0.05) is 17.5 Å². The molecule has 5 rings (SSSR count). The number of aromatic hydroxyl groups is 1. The molecule has 3 heterocycles. The van der Waals surface area contributed by atoms with E-state index in [9.17, 15) is 5.11 Å². The first-order valence-electron chi connectivity index (χ1n) is 9.04. The summed E-state index contributed by atoms with van der Waals surface area (Å²) >= 11 is 0. The second-order valence-corrected chi connectivity index (χ2v) is 7.98. The van der Waals surface area contributed by atoms with E-state index in [4.69, 9.17) is 0 Å². The Morgan fingerprint density at radius 2 is 2.18 bits per heavy atom. The highest BCUT2D eigenvalue weighted by Crippen LogP contribution is 2.64. The first-order valence-corrected chi connectivity index (χ1v) is 9.04. The lowest BCUT2D eigenvalue weighted by molar-refractivity contribution is -0.0309. The lowest BCUT2D eigenvalue weighted by Gasteiger charge is -2.58. The number of para-hydroxylation sites is 1. The molecule has 0 bridgehead atoms. The molecule has 0 unspecified atom stereocenters. The Morgan fingerprint density at radius 1 is 1.27 bits per heavy atom. The lowest BCUT2D eigenvalue weighted by atomic mass is 9.52. The van der Waals surface area contributed by atoms with Crippen LogP contribution in [0.4, 0.5) is 5.69 Å². The fraction of sp³-hybridized carbons (Fsp3) is 0.684. The van der Waals surface area contributed by atoms with Crippen molar-refractivity contribution in [3.63, 3.8) is 0 Å². The molecule has 1 aromatic rings. The summed E-state index contributed by atoms with van der Waals surface area (Å²) in [4.78, 5) is 2.79. The maximum Gasteiger partial charge on any atom is 0.138 e. The molecule has 1 aromatic carbocycles. The highest BCUT2D eigenvalue weighted by atomic mass is 16.3. The Labute approximate surface area is 132 Å². The number of hydrogen-bond acceptors (Lipinski definition) is 3. The summed E-state index contributed by atoms with van der Waals surface area (Å²) in [5.41, 5.74) is 3.18. The third-order valence-corrected chi connectivity index (χ3v) is 7.49. The monoisotopic (exact) mass is 298 g/mol. The summed E-state index contributed by atoms with van der Waals surface area (Å²) < 4.78 is 0. The molecule has 0 aromatic heterocycles. The maximum atomic E-state index is 10.3. The number of nitrogens with zero attached hydrogens (tertiary/aromatic N) is 1. The van der Waals surface area contributed by atoms with Crippen LogP contribution in [-0.2, 0) is 5.41 Å². The van der Waals surface area contributed by atoms with E-state index in [2.05, 4.69) is 23.2 Å². The Hall–Kier alpha value is -1.22. The van der Waals surface area contributed by atoms with Gasteiger partial charge in [0.2, 0.25) is 0 Å². The molecule has 2 saturated heterocycles. The molecular formula is C19H26N2O. The van der Waals surface area contributed by atoms with E-state index in [0.29, 0.717) is 23.2 Å². The molecule has 1 aliphatic carbocycles. The number of fused-ring (bicyclic) bond motifs is 1. The van der Waals surface area contributed by atoms with Crippen molar-refractivity contribution in [3.8, 4) is 5.75 Å². The van der Waals surface area contributed by atoms with E-state index < -0.39 is 0 Å². The van der Waals surface area contributed by atoms with Crippen molar-refractivity contribution in [2.24, 2.45) is 5.41 Å². The number of phenols is 1. The van der Waals surface area contributed by atoms with Crippen LogP contribution in [0.25, 0.3) is 0 Å². The molecule has 0 radical (unpaired) electrons. The van der Waals surface area contributed by atoms with Crippen LogP contribution < -0.4 is 5.32 Å². The van der Waals surface area contributed by atoms with Crippen LogP contribution >= 0.6 is 0 Å². The Morgan fingerprint density at radius 3 is 3.05 bits per heavy atom. The van der Waals surface area contributed by atoms with E-state index in [1.54, 1.807) is 0 Å². The van der Waals surface area contributed by atoms with Crippen molar-refractivity contribution in [2.75, 3.05) is 18.4 Å². The molecule has 3 nitrogen and oxygen atoms in total. The molecule has 4 atom stereocenters. The third-order valence-electron chi connectivity index (χ3n) is 7.49. The van der Waals surface area contributed by atoms with Crippen molar-refractivity contribution in [1.29, 1.82) is 0 Å². The summed E-state index contributed by atoms with van der Waals surface area (Å²) in [6.07, 6.45) is 7.92. The third kappa shape index (κ3) is 1.33. The van der Waals surface area contributed by atoms with Gasteiger partial charge in [0.15, 0.2) is 0 Å². The van der Waals surface area contributed by atoms with E-state index >= 15 is 0 Å². The van der Waals surface area contributed by atoms with Crippen LogP contribution in [0.3, 0.4) is 0 Å². The van der Waals surface area contributed by atoms with Gasteiger partial charge in [-0.2, -0.15) is 0 Å². The SMILES string of the molecule is CC[C@]12CCCN3CC[C@@]4(c5cccc(O)c5N[C@@H]4CC1)[C@@H]32. The molecule has 1 saturated carbocycles. The van der Waals surface area contributed by atoms with E-state index in [1.807, 2.05) is 12.1 Å². The van der Waals surface area contributed by atoms with Crippen LogP contribution in [0.15, 0.2) is 18.2 Å². The van der Waals surface area contributed by atoms with Crippen LogP contribution in [0.2, 0.25) is 0 Å². The fourth-order valence-electron chi connectivity index (χ4n) is 6.65. The van der Waals surface area contributed by atoms with Crippen LogP contribution in [0, 0.1) is 5.41 Å². The minimum atomic E-state index is 0.239. The Balaban J connectivity index is 1.73. The molecule has 1 spiro atoms. The zero-order chi connectivity index (χ0) is 14.9. The first kappa shape index (κ1) is 13.2. The minimum absolute atomic E-state index is 0.239. The standard InChI is InChI=1S/C19H26N2O/c1-2-18-8-4-11-21-12-10-19(17(18)21)13-5-3-6-14(22)16(13)20-15(19)7-9-18/h3,5-6,15,17,20,22H,2,4,7-12H2,1H3/t15-,17+,18+,19+/m1/s1. The number of benzene rings is 1. The number of nitrogens with one attached hydrogen (secondary N) is 1. The molecule has 118 valence electrons. The van der Waals surface area contributed by atoms with E-state index in [-0.39, 0.29) is 5.41 Å². The number of rotatable bonds is 1. The zero-order valence-electron chi connectivity index (χ0n) is 13.4. The lowest BCUT2D eigenvalue weighted by Crippen LogP contribution is -2.63. The highest BCUT2D eigenvalue weighted by molar-refractivity contribution is 5.71. The second-order valence-electron chi connectivity index (χ2n) is 7.98. The molecule has 2 N–H and O–H groups in total. The van der Waals surface area contributed by atoms with Gasteiger partial charge in [-0.05, 0) is 68.7 Å². The second kappa shape index (κ2) is 4.19. The Kier molecular flexibility index (Phi) is 2.52. The largest absolute Gasteiger partial charge is 0.506 e. The van der Waals surface area contributed by atoms with Crippen LogP contribution in [0.1, 0.15) is 51.0 Å². The fourth-order valence-corrected chi connectivity index (χ4v) is 6.65. The highest BCUT2D eigenvalue weighted by Gasteiger charge is 2.66. The molecule has 3 fully saturated rings. The van der Waals surface area contributed by atoms with Crippen molar-refractivity contribution in [3.05, 3.63) is 23.8 Å². The average Bonchev–Trinajstić information content (AvgIpc) is 3.10. The number of phenolic OH excluding ortho intramolecular Hbond substituents is 1. The van der Waals surface area contributed by atoms with E-state index in [1.165, 1.54) is 57.2 Å². The summed E-state index contributed by atoms with van der Waals surface area (Å²) in [7, 11) is 0. The predicted molar refractivity (Wildman–Crippen MR) is 88.4 cm³/mol. The molecule has 0 amide bonds. The first-order chi connectivity index (χ1) is 10.7. The van der Waals surface area contributed by atoms with Crippen LogP contribution in [-0.4, -0.2) is 35.2 Å². The topological polar surface area (TPSA) is 35.5 Å². The van der Waals surface area contributed by atoms with Crippen molar-refractivity contribution in [2.45, 2.75) is 62.9 Å². The van der Waals surface area contributed by atoms with Crippen molar-refractivity contribution < 1.29 is 5.11 Å². The van der Waals surface area contributed by atoms with Gasteiger partial charge in [-0.1, -0.05) is 19.1 Å². The number of piperidine rings is 1. The van der Waals surface area contributed by atoms with Crippen molar-refractivity contribution in [1.82, 2.24) is 4.90 Å². The number of anilines is 1. The normalized spacial score (nSPS) is 42.4. The summed E-state index contributed by atoms with van der Waals surface area (Å²) in [5, 5.41) is 14.1. The summed E-state index contributed by atoms with van der Waals surface area (Å²) in [6, 6.07) is 7.35. The molecule has 22 heavy (non-hydrogen) atoms. The Bertz CT molecular complexity index is 630. The summed E-state index contributed by atoms with van der Waals surface area (Å²) in [5.74, 6) is 0.442. The maximum absolute atomic E-state index is 10.3. The predicted octanol–water partition coefficient (Wildman–Crippen LogP) is 3.48. The van der Waals surface area contributed by atoms with Gasteiger partial charge in [0.1, 0.15) is 5.75 Å². The van der Waals surface area contributed by atoms with Gasteiger partial charge in [-0.3, -0.25) is 4.90 Å². The van der Waals surface area contributed by atoms with Gasteiger partial charge < -0.3 is 10.4 Å². The van der Waals surface area contributed by atoms with E-state index in [0.717, 1.165) is 5.69 Å². The van der Waals surface area contributed by atoms with Gasteiger partial charge in [0.25, 0.3) is 0 Å². The smallest absolute Gasteiger partial charge is 0.138 e. The molecular weight excluding hydrogens is 272 g/mol. The number of hydrogen-bond donors (Lipinski definition) is 2. The molecule has 3 heteroatoms. The average molecular weight is 298 g/mol. The zero-order valence-corrected chi connectivity index (χ0v) is 13.4. The van der Waals surface area contributed by atoms with Gasteiger partial charge in [-0.25, -0.2) is 0 Å².